The van der Waals surface area contributed by atoms with Gasteiger partial charge >= 0.3 is 5.97 Å². The molecule has 0 amide bonds. The quantitative estimate of drug-likeness (QED) is 0.734. The van der Waals surface area contributed by atoms with Crippen LogP contribution in [0.5, 0.6) is 0 Å². The van der Waals surface area contributed by atoms with Crippen molar-refractivity contribution in [3.8, 4) is 0 Å². The summed E-state index contributed by atoms with van der Waals surface area (Å²) in [6.07, 6.45) is 7.21. The third-order valence-electron chi connectivity index (χ3n) is 3.83. The largest absolute Gasteiger partial charge is 0.481 e. The van der Waals surface area contributed by atoms with Crippen LogP contribution >= 0.6 is 0 Å². The third kappa shape index (κ3) is 1.94. The van der Waals surface area contributed by atoms with Crippen molar-refractivity contribution in [3.63, 3.8) is 0 Å². The lowest BCUT2D eigenvalue weighted by Crippen LogP contribution is -2.35. The van der Waals surface area contributed by atoms with Crippen LogP contribution in [-0.4, -0.2) is 11.1 Å². The van der Waals surface area contributed by atoms with Crippen LogP contribution in [0.25, 0.3) is 0 Å². The van der Waals surface area contributed by atoms with E-state index in [2.05, 4.69) is 13.8 Å². The van der Waals surface area contributed by atoms with E-state index in [4.69, 9.17) is 0 Å². The summed E-state index contributed by atoms with van der Waals surface area (Å²) >= 11 is 0. The van der Waals surface area contributed by atoms with Gasteiger partial charge in [0.15, 0.2) is 0 Å². The highest BCUT2D eigenvalue weighted by Gasteiger charge is 2.46. The number of rotatable bonds is 5. The van der Waals surface area contributed by atoms with Crippen LogP contribution < -0.4 is 0 Å². The van der Waals surface area contributed by atoms with Gasteiger partial charge in [0.25, 0.3) is 0 Å². The minimum Gasteiger partial charge on any atom is -0.481 e. The molecule has 1 saturated carbocycles. The average Bonchev–Trinajstić information content (AvgIpc) is 2.64. The van der Waals surface area contributed by atoms with Crippen molar-refractivity contribution in [1.82, 2.24) is 0 Å². The summed E-state index contributed by atoms with van der Waals surface area (Å²) in [5, 5.41) is 9.39. The highest BCUT2D eigenvalue weighted by molar-refractivity contribution is 5.75. The van der Waals surface area contributed by atoms with E-state index < -0.39 is 5.97 Å². The molecule has 1 aliphatic carbocycles. The van der Waals surface area contributed by atoms with Gasteiger partial charge < -0.3 is 5.11 Å². The predicted octanol–water partition coefficient (Wildman–Crippen LogP) is 3.46. The lowest BCUT2D eigenvalue weighted by atomic mass is 9.71. The van der Waals surface area contributed by atoms with Gasteiger partial charge in [0.05, 0.1) is 5.41 Å². The van der Waals surface area contributed by atoms with Gasteiger partial charge in [0.1, 0.15) is 0 Å². The van der Waals surface area contributed by atoms with Crippen molar-refractivity contribution in [2.75, 3.05) is 0 Å². The highest BCUT2D eigenvalue weighted by atomic mass is 16.4. The van der Waals surface area contributed by atoms with Crippen molar-refractivity contribution >= 4 is 5.97 Å². The van der Waals surface area contributed by atoms with Crippen molar-refractivity contribution < 1.29 is 9.90 Å². The summed E-state index contributed by atoms with van der Waals surface area (Å²) in [4.78, 5) is 11.4. The number of carbonyl (C=O) groups is 1. The second kappa shape index (κ2) is 4.81. The van der Waals surface area contributed by atoms with E-state index in [9.17, 15) is 9.90 Å². The van der Waals surface area contributed by atoms with Crippen molar-refractivity contribution in [2.24, 2.45) is 11.3 Å². The molecular formula is C12H22O2. The van der Waals surface area contributed by atoms with E-state index in [0.717, 1.165) is 44.9 Å². The summed E-state index contributed by atoms with van der Waals surface area (Å²) < 4.78 is 0. The molecule has 2 nitrogen and oxygen atoms in total. The third-order valence-corrected chi connectivity index (χ3v) is 3.83. The van der Waals surface area contributed by atoms with Crippen LogP contribution in [0.3, 0.4) is 0 Å². The van der Waals surface area contributed by atoms with Gasteiger partial charge in [-0.05, 0) is 25.2 Å². The lowest BCUT2D eigenvalue weighted by Gasteiger charge is -2.33. The van der Waals surface area contributed by atoms with Gasteiger partial charge in [-0.15, -0.1) is 0 Å². The molecule has 1 fully saturated rings. The highest BCUT2D eigenvalue weighted by Crippen LogP contribution is 2.47. The Bertz CT molecular complexity index is 192. The Morgan fingerprint density at radius 3 is 2.29 bits per heavy atom. The summed E-state index contributed by atoms with van der Waals surface area (Å²) in [6.45, 7) is 4.27. The first-order valence-corrected chi connectivity index (χ1v) is 5.90. The second-order valence-corrected chi connectivity index (χ2v) is 4.56. The standard InChI is InChI=1S/C12H22O2/c1-3-7-10(4-2)12(11(13)14)8-5-6-9-12/h10H,3-9H2,1-2H3,(H,13,14). The maximum absolute atomic E-state index is 11.4. The summed E-state index contributed by atoms with van der Waals surface area (Å²) in [5.41, 5.74) is -0.370. The summed E-state index contributed by atoms with van der Waals surface area (Å²) in [7, 11) is 0. The van der Waals surface area contributed by atoms with Gasteiger partial charge in [-0.2, -0.15) is 0 Å². The van der Waals surface area contributed by atoms with Crippen LogP contribution in [0.4, 0.5) is 0 Å². The van der Waals surface area contributed by atoms with Gasteiger partial charge in [0, 0.05) is 0 Å². The van der Waals surface area contributed by atoms with Crippen molar-refractivity contribution in [3.05, 3.63) is 0 Å². The molecule has 0 aromatic rings. The fourth-order valence-corrected chi connectivity index (χ4v) is 3.02. The Kier molecular flexibility index (Phi) is 3.97. The van der Waals surface area contributed by atoms with E-state index in [1.54, 1.807) is 0 Å². The Labute approximate surface area is 86.7 Å². The maximum Gasteiger partial charge on any atom is 0.309 e. The molecule has 0 saturated heterocycles. The zero-order valence-corrected chi connectivity index (χ0v) is 9.38. The van der Waals surface area contributed by atoms with E-state index >= 15 is 0 Å². The van der Waals surface area contributed by atoms with E-state index in [0.29, 0.717) is 5.92 Å². The molecule has 14 heavy (non-hydrogen) atoms. The molecule has 2 heteroatoms. The number of carboxylic acids is 1. The van der Waals surface area contributed by atoms with Crippen molar-refractivity contribution in [1.29, 1.82) is 0 Å². The van der Waals surface area contributed by atoms with Gasteiger partial charge in [0.2, 0.25) is 0 Å². The molecule has 82 valence electrons. The van der Waals surface area contributed by atoms with Crippen molar-refractivity contribution in [2.45, 2.75) is 58.8 Å². The van der Waals surface area contributed by atoms with Crippen LogP contribution in [0.15, 0.2) is 0 Å². The fraction of sp³-hybridized carbons (Fsp3) is 0.917. The van der Waals surface area contributed by atoms with E-state index in [-0.39, 0.29) is 5.41 Å². The zero-order chi connectivity index (χ0) is 10.6. The van der Waals surface area contributed by atoms with Crippen LogP contribution in [0.1, 0.15) is 58.8 Å². The molecular weight excluding hydrogens is 176 g/mol. The molecule has 0 aromatic heterocycles. The molecule has 0 radical (unpaired) electrons. The second-order valence-electron chi connectivity index (χ2n) is 4.56. The number of carboxylic acid groups (broad SMARTS) is 1. The Balaban J connectivity index is 2.79. The predicted molar refractivity (Wildman–Crippen MR) is 57.2 cm³/mol. The number of hydrogen-bond acceptors (Lipinski definition) is 1. The maximum atomic E-state index is 11.4. The smallest absolute Gasteiger partial charge is 0.309 e. The summed E-state index contributed by atoms with van der Waals surface area (Å²) in [6, 6.07) is 0. The van der Waals surface area contributed by atoms with Crippen LogP contribution in [0.2, 0.25) is 0 Å². The Morgan fingerprint density at radius 1 is 1.36 bits per heavy atom. The first kappa shape index (κ1) is 11.5. The minimum absolute atomic E-state index is 0.370. The van der Waals surface area contributed by atoms with E-state index in [1.165, 1.54) is 0 Å². The lowest BCUT2D eigenvalue weighted by molar-refractivity contribution is -0.152. The molecule has 0 bridgehead atoms. The zero-order valence-electron chi connectivity index (χ0n) is 9.38. The number of hydrogen-bond donors (Lipinski definition) is 1. The molecule has 0 spiro atoms. The Hall–Kier alpha value is -0.530. The first-order chi connectivity index (χ1) is 6.67. The molecule has 1 atom stereocenters. The van der Waals surface area contributed by atoms with Gasteiger partial charge in [-0.25, -0.2) is 0 Å². The van der Waals surface area contributed by atoms with Gasteiger partial charge in [-0.1, -0.05) is 39.5 Å². The minimum atomic E-state index is -0.546. The first-order valence-electron chi connectivity index (χ1n) is 5.90. The molecule has 0 aliphatic heterocycles. The summed E-state index contributed by atoms with van der Waals surface area (Å²) in [5.74, 6) is -0.150. The molecule has 1 aliphatic rings. The molecule has 0 aromatic carbocycles. The molecule has 0 heterocycles. The monoisotopic (exact) mass is 198 g/mol. The number of aliphatic carboxylic acids is 1. The Morgan fingerprint density at radius 2 is 1.93 bits per heavy atom. The SMILES string of the molecule is CCCC(CC)C1(C(=O)O)CCCC1. The van der Waals surface area contributed by atoms with Crippen LogP contribution in [0, 0.1) is 11.3 Å². The van der Waals surface area contributed by atoms with Crippen LogP contribution in [-0.2, 0) is 4.79 Å². The molecule has 1 N–H and O–H groups in total. The molecule has 1 rings (SSSR count). The van der Waals surface area contributed by atoms with Gasteiger partial charge in [-0.3, -0.25) is 4.79 Å². The topological polar surface area (TPSA) is 37.3 Å². The molecule has 1 unspecified atom stereocenters. The average molecular weight is 198 g/mol. The fourth-order valence-electron chi connectivity index (χ4n) is 3.02. The van der Waals surface area contributed by atoms with E-state index in [1.807, 2.05) is 0 Å². The normalized spacial score (nSPS) is 22.1.